The van der Waals surface area contributed by atoms with Crippen LogP contribution in [-0.4, -0.2) is 26.9 Å². The van der Waals surface area contributed by atoms with E-state index in [0.29, 0.717) is 4.90 Å². The number of imide groups is 1. The Labute approximate surface area is 93.7 Å². The maximum Gasteiger partial charge on any atom is 0.318 e. The van der Waals surface area contributed by atoms with Crippen LogP contribution in [-0.2, 0) is 15.6 Å². The van der Waals surface area contributed by atoms with Crippen molar-refractivity contribution in [3.63, 3.8) is 0 Å². The van der Waals surface area contributed by atoms with E-state index in [9.17, 15) is 13.8 Å². The first kappa shape index (κ1) is 12.1. The molecule has 1 aromatic heterocycles. The van der Waals surface area contributed by atoms with Gasteiger partial charge in [0, 0.05) is 6.20 Å². The second-order valence-corrected chi connectivity index (χ2v) is 4.24. The number of hydrogen-bond donors (Lipinski definition) is 3. The van der Waals surface area contributed by atoms with E-state index in [-0.39, 0.29) is 11.4 Å². The normalized spacial score (nSPS) is 11.8. The molecule has 0 aliphatic heterocycles. The first-order valence-electron chi connectivity index (χ1n) is 4.18. The monoisotopic (exact) mass is 242 g/mol. The molecule has 5 N–H and O–H groups in total. The lowest BCUT2D eigenvalue weighted by molar-refractivity contribution is -0.117. The highest BCUT2D eigenvalue weighted by Gasteiger charge is 2.13. The van der Waals surface area contributed by atoms with Crippen LogP contribution in [0.2, 0.25) is 0 Å². The number of nitrogens with one attached hydrogen (secondary N) is 1. The molecule has 3 amide bonds. The molecule has 0 aliphatic rings. The third kappa shape index (κ3) is 3.31. The zero-order chi connectivity index (χ0) is 12.1. The highest BCUT2D eigenvalue weighted by Crippen LogP contribution is 2.13. The van der Waals surface area contributed by atoms with Crippen molar-refractivity contribution in [2.75, 3.05) is 11.5 Å². The number of carbonyl (C=O) groups is 2. The number of rotatable bonds is 3. The summed E-state index contributed by atoms with van der Waals surface area (Å²) in [5.41, 5.74) is 10.5. The minimum Gasteiger partial charge on any atom is -0.396 e. The quantitative estimate of drug-likeness (QED) is 0.624. The van der Waals surface area contributed by atoms with Crippen molar-refractivity contribution in [2.45, 2.75) is 4.90 Å². The van der Waals surface area contributed by atoms with Crippen LogP contribution in [0.25, 0.3) is 0 Å². The summed E-state index contributed by atoms with van der Waals surface area (Å²) in [4.78, 5) is 25.5. The first-order chi connectivity index (χ1) is 7.50. The van der Waals surface area contributed by atoms with Gasteiger partial charge in [-0.25, -0.2) is 4.79 Å². The number of aromatic nitrogens is 1. The lowest BCUT2D eigenvalue weighted by Crippen LogP contribution is -2.37. The summed E-state index contributed by atoms with van der Waals surface area (Å²) in [6.07, 6.45) is 2.74. The van der Waals surface area contributed by atoms with Crippen LogP contribution in [0, 0.1) is 0 Å². The number of nitrogen functional groups attached to an aromatic ring is 1. The van der Waals surface area contributed by atoms with Crippen molar-refractivity contribution >= 4 is 28.4 Å². The molecule has 0 fully saturated rings. The molecular formula is C8H10N4O3S. The Balaban J connectivity index is 2.70. The number of hydrogen-bond acceptors (Lipinski definition) is 5. The van der Waals surface area contributed by atoms with Gasteiger partial charge in [0.15, 0.2) is 0 Å². The van der Waals surface area contributed by atoms with Crippen LogP contribution in [0.5, 0.6) is 0 Å². The van der Waals surface area contributed by atoms with Gasteiger partial charge >= 0.3 is 6.03 Å². The molecule has 0 aromatic carbocycles. The van der Waals surface area contributed by atoms with Gasteiger partial charge in [-0.2, -0.15) is 0 Å². The van der Waals surface area contributed by atoms with Crippen LogP contribution in [0.15, 0.2) is 23.4 Å². The fourth-order valence-corrected chi connectivity index (χ4v) is 1.97. The van der Waals surface area contributed by atoms with Gasteiger partial charge in [0.25, 0.3) is 0 Å². The molecule has 1 heterocycles. The second kappa shape index (κ2) is 5.21. The van der Waals surface area contributed by atoms with Gasteiger partial charge in [-0.1, -0.05) is 0 Å². The molecule has 0 saturated heterocycles. The molecular weight excluding hydrogens is 232 g/mol. The van der Waals surface area contributed by atoms with E-state index in [4.69, 9.17) is 11.5 Å². The predicted molar refractivity (Wildman–Crippen MR) is 57.7 cm³/mol. The molecule has 86 valence electrons. The molecule has 1 unspecified atom stereocenters. The summed E-state index contributed by atoms with van der Waals surface area (Å²) in [6, 6.07) is 0.466. The summed E-state index contributed by atoms with van der Waals surface area (Å²) in [7, 11) is -1.63. The average molecular weight is 242 g/mol. The van der Waals surface area contributed by atoms with Crippen molar-refractivity contribution < 1.29 is 13.8 Å². The zero-order valence-corrected chi connectivity index (χ0v) is 8.99. The maximum atomic E-state index is 11.6. The molecule has 1 aromatic rings. The van der Waals surface area contributed by atoms with E-state index in [2.05, 4.69) is 4.98 Å². The number of amides is 3. The highest BCUT2D eigenvalue weighted by atomic mass is 32.2. The standard InChI is InChI=1S/C8H10N4O3S/c9-5-3-11-2-1-6(5)16(15)4-7(13)12-8(10)14/h1-3H,4,9H2,(H3,10,12,13,14). The predicted octanol–water partition coefficient (Wildman–Crippen LogP) is -1.03. The highest BCUT2D eigenvalue weighted by molar-refractivity contribution is 7.86. The van der Waals surface area contributed by atoms with E-state index in [0.717, 1.165) is 0 Å². The minimum absolute atomic E-state index is 0.229. The summed E-state index contributed by atoms with van der Waals surface area (Å²) in [6.45, 7) is 0. The molecule has 1 atom stereocenters. The van der Waals surface area contributed by atoms with E-state index >= 15 is 0 Å². The largest absolute Gasteiger partial charge is 0.396 e. The smallest absolute Gasteiger partial charge is 0.318 e. The molecule has 0 bridgehead atoms. The maximum absolute atomic E-state index is 11.6. The third-order valence-corrected chi connectivity index (χ3v) is 2.97. The second-order valence-electron chi connectivity index (χ2n) is 2.82. The molecule has 7 nitrogen and oxygen atoms in total. The lowest BCUT2D eigenvalue weighted by atomic mass is 10.4. The zero-order valence-electron chi connectivity index (χ0n) is 8.17. The minimum atomic E-state index is -1.63. The average Bonchev–Trinajstić information content (AvgIpc) is 2.16. The van der Waals surface area contributed by atoms with Gasteiger partial charge in [-0.3, -0.25) is 19.3 Å². The molecule has 0 saturated carbocycles. The van der Waals surface area contributed by atoms with Crippen LogP contribution in [0.1, 0.15) is 0 Å². The van der Waals surface area contributed by atoms with Gasteiger partial charge in [0.1, 0.15) is 5.75 Å². The number of pyridine rings is 1. The summed E-state index contributed by atoms with van der Waals surface area (Å²) in [5, 5.41) is 1.81. The Morgan fingerprint density at radius 1 is 1.50 bits per heavy atom. The Bertz CT molecular complexity index is 449. The van der Waals surface area contributed by atoms with Crippen LogP contribution < -0.4 is 16.8 Å². The fraction of sp³-hybridized carbons (Fsp3) is 0.125. The van der Waals surface area contributed by atoms with Crippen LogP contribution >= 0.6 is 0 Å². The number of urea groups is 1. The van der Waals surface area contributed by atoms with Crippen molar-refractivity contribution in [2.24, 2.45) is 5.73 Å². The van der Waals surface area contributed by atoms with E-state index in [1.165, 1.54) is 18.5 Å². The molecule has 16 heavy (non-hydrogen) atoms. The number of carbonyl (C=O) groups excluding carboxylic acids is 2. The van der Waals surface area contributed by atoms with Gasteiger partial charge in [-0.05, 0) is 6.07 Å². The number of primary amides is 1. The topological polar surface area (TPSA) is 128 Å². The number of anilines is 1. The SMILES string of the molecule is NC(=O)NC(=O)CS(=O)c1ccncc1N. The molecule has 0 spiro atoms. The lowest BCUT2D eigenvalue weighted by Gasteiger charge is -2.04. The van der Waals surface area contributed by atoms with Gasteiger partial charge in [0.05, 0.1) is 27.6 Å². The molecule has 8 heteroatoms. The Hall–Kier alpha value is -1.96. The van der Waals surface area contributed by atoms with Crippen LogP contribution in [0.3, 0.4) is 0 Å². The summed E-state index contributed by atoms with van der Waals surface area (Å²) >= 11 is 0. The van der Waals surface area contributed by atoms with Crippen molar-refractivity contribution in [3.8, 4) is 0 Å². The van der Waals surface area contributed by atoms with Gasteiger partial charge < -0.3 is 11.5 Å². The van der Waals surface area contributed by atoms with Crippen molar-refractivity contribution in [1.29, 1.82) is 0 Å². The van der Waals surface area contributed by atoms with E-state index in [1.54, 1.807) is 0 Å². The molecule has 1 rings (SSSR count). The molecule has 0 radical (unpaired) electrons. The summed E-state index contributed by atoms with van der Waals surface area (Å²) in [5.74, 6) is -1.10. The first-order valence-corrected chi connectivity index (χ1v) is 5.49. The third-order valence-electron chi connectivity index (χ3n) is 1.58. The Kier molecular flexibility index (Phi) is 3.95. The van der Waals surface area contributed by atoms with Crippen molar-refractivity contribution in [1.82, 2.24) is 10.3 Å². The van der Waals surface area contributed by atoms with Crippen LogP contribution in [0.4, 0.5) is 10.5 Å². The Morgan fingerprint density at radius 3 is 2.75 bits per heavy atom. The van der Waals surface area contributed by atoms with Crippen molar-refractivity contribution in [3.05, 3.63) is 18.5 Å². The van der Waals surface area contributed by atoms with Gasteiger partial charge in [-0.15, -0.1) is 0 Å². The van der Waals surface area contributed by atoms with E-state index < -0.39 is 22.7 Å². The fourth-order valence-electron chi connectivity index (χ4n) is 0.972. The molecule has 0 aliphatic carbocycles. The summed E-state index contributed by atoms with van der Waals surface area (Å²) < 4.78 is 11.6. The Morgan fingerprint density at radius 2 is 2.19 bits per heavy atom. The number of nitrogens with zero attached hydrogens (tertiary/aromatic N) is 1. The van der Waals surface area contributed by atoms with Gasteiger partial charge in [0.2, 0.25) is 5.91 Å². The number of nitrogens with two attached hydrogens (primary N) is 2. The van der Waals surface area contributed by atoms with E-state index in [1.807, 2.05) is 5.32 Å².